The van der Waals surface area contributed by atoms with E-state index in [1.54, 1.807) is 0 Å². The fraction of sp³-hybridized carbons (Fsp3) is 0.304. The number of anilines is 1. The van der Waals surface area contributed by atoms with Crippen LogP contribution in [-0.4, -0.2) is 38.6 Å². The Hall–Kier alpha value is -3.48. The van der Waals surface area contributed by atoms with Crippen molar-refractivity contribution in [2.45, 2.75) is 33.6 Å². The van der Waals surface area contributed by atoms with E-state index in [0.717, 1.165) is 64.4 Å². The number of carbonyl (C=O) groups is 1. The second-order valence-electron chi connectivity index (χ2n) is 7.51. The average Bonchev–Trinajstić information content (AvgIpc) is 3.12. The number of benzene rings is 2. The molecule has 2 heterocycles. The van der Waals surface area contributed by atoms with E-state index in [-0.39, 0.29) is 5.91 Å². The first-order chi connectivity index (χ1) is 14.6. The van der Waals surface area contributed by atoms with Gasteiger partial charge in [-0.2, -0.15) is 0 Å². The lowest BCUT2D eigenvalue weighted by Crippen LogP contribution is -2.26. The number of unbranched alkanes of at least 4 members (excludes halogenated alkanes) is 1. The van der Waals surface area contributed by atoms with Crippen LogP contribution in [0.5, 0.6) is 0 Å². The summed E-state index contributed by atoms with van der Waals surface area (Å²) in [7, 11) is 0. The topological polar surface area (TPSA) is 84.2 Å². The van der Waals surface area contributed by atoms with Crippen LogP contribution in [0.1, 0.15) is 40.2 Å². The molecule has 1 amide bonds. The van der Waals surface area contributed by atoms with Gasteiger partial charge in [0.25, 0.3) is 5.91 Å². The number of carbonyl (C=O) groups excluding carboxylic acids is 1. The number of rotatable bonds is 7. The maximum absolute atomic E-state index is 12.5. The predicted molar refractivity (Wildman–Crippen MR) is 119 cm³/mol. The molecule has 4 aromatic rings. The van der Waals surface area contributed by atoms with Crippen molar-refractivity contribution >= 4 is 28.4 Å². The van der Waals surface area contributed by atoms with Crippen LogP contribution in [0.25, 0.3) is 16.7 Å². The molecule has 2 aromatic heterocycles. The lowest BCUT2D eigenvalue weighted by Gasteiger charge is -2.11. The van der Waals surface area contributed by atoms with Crippen molar-refractivity contribution in [1.82, 2.24) is 24.9 Å². The van der Waals surface area contributed by atoms with Crippen LogP contribution in [0.15, 0.2) is 42.5 Å². The third-order valence-electron chi connectivity index (χ3n) is 5.28. The van der Waals surface area contributed by atoms with Crippen molar-refractivity contribution < 1.29 is 4.79 Å². The van der Waals surface area contributed by atoms with E-state index in [1.807, 2.05) is 67.6 Å². The zero-order valence-corrected chi connectivity index (χ0v) is 17.6. The van der Waals surface area contributed by atoms with E-state index in [0.29, 0.717) is 6.54 Å². The zero-order valence-electron chi connectivity index (χ0n) is 17.6. The summed E-state index contributed by atoms with van der Waals surface area (Å²) in [5, 5.41) is 14.9. The molecule has 0 spiro atoms. The van der Waals surface area contributed by atoms with Crippen LogP contribution in [0.2, 0.25) is 0 Å². The Kier molecular flexibility index (Phi) is 5.61. The van der Waals surface area contributed by atoms with E-state index in [9.17, 15) is 4.79 Å². The number of nitrogens with one attached hydrogen (secondary N) is 2. The van der Waals surface area contributed by atoms with Crippen molar-refractivity contribution in [2.24, 2.45) is 0 Å². The summed E-state index contributed by atoms with van der Waals surface area (Å²) in [4.78, 5) is 17.2. The minimum atomic E-state index is -0.00426. The molecule has 0 aliphatic rings. The number of hydrogen-bond donors (Lipinski definition) is 2. The molecule has 154 valence electrons. The van der Waals surface area contributed by atoms with Gasteiger partial charge in [-0.3, -0.25) is 9.20 Å². The first kappa shape index (κ1) is 19.8. The van der Waals surface area contributed by atoms with Crippen molar-refractivity contribution in [1.29, 1.82) is 0 Å². The maximum Gasteiger partial charge on any atom is 0.251 e. The monoisotopic (exact) mass is 402 g/mol. The molecule has 7 nitrogen and oxygen atoms in total. The van der Waals surface area contributed by atoms with Gasteiger partial charge < -0.3 is 10.6 Å². The SMILES string of the molecule is Cc1cccc(C)c1C(=O)NCCCCNc1nc2ccccc2n2c(C)nnc12. The molecule has 0 atom stereocenters. The summed E-state index contributed by atoms with van der Waals surface area (Å²) >= 11 is 0. The molecule has 0 fully saturated rings. The summed E-state index contributed by atoms with van der Waals surface area (Å²) in [5.41, 5.74) is 5.41. The van der Waals surface area contributed by atoms with Crippen molar-refractivity contribution in [3.8, 4) is 0 Å². The highest BCUT2D eigenvalue weighted by Crippen LogP contribution is 2.21. The van der Waals surface area contributed by atoms with E-state index in [2.05, 4.69) is 20.8 Å². The minimum absolute atomic E-state index is 0.00426. The predicted octanol–water partition coefficient (Wildman–Crippen LogP) is 3.82. The molecule has 2 N–H and O–H groups in total. The van der Waals surface area contributed by atoms with Gasteiger partial charge in [0.05, 0.1) is 11.0 Å². The Morgan fingerprint density at radius 1 is 0.933 bits per heavy atom. The summed E-state index contributed by atoms with van der Waals surface area (Å²) in [6, 6.07) is 13.9. The molecule has 0 saturated carbocycles. The molecule has 4 rings (SSSR count). The molecule has 0 unspecified atom stereocenters. The molecule has 0 saturated heterocycles. The highest BCUT2D eigenvalue weighted by Gasteiger charge is 2.13. The number of aryl methyl sites for hydroxylation is 3. The number of para-hydroxylation sites is 2. The van der Waals surface area contributed by atoms with E-state index in [1.165, 1.54) is 0 Å². The molecule has 0 bridgehead atoms. The highest BCUT2D eigenvalue weighted by atomic mass is 16.1. The molecular formula is C23H26N6O. The Morgan fingerprint density at radius 3 is 2.47 bits per heavy atom. The Morgan fingerprint density at radius 2 is 1.67 bits per heavy atom. The van der Waals surface area contributed by atoms with Crippen molar-refractivity contribution in [2.75, 3.05) is 18.4 Å². The number of hydrogen-bond acceptors (Lipinski definition) is 5. The van der Waals surface area contributed by atoms with Gasteiger partial charge in [-0.15, -0.1) is 10.2 Å². The standard InChI is InChI=1S/C23H26N6O/c1-15-9-8-10-16(2)20(15)23(30)25-14-7-6-13-24-21-22-28-27-17(3)29(22)19-12-5-4-11-18(19)26-21/h4-5,8-12H,6-7,13-14H2,1-3H3,(H,24,26)(H,25,30). The van der Waals surface area contributed by atoms with Crippen molar-refractivity contribution in [3.05, 3.63) is 65.0 Å². The average molecular weight is 403 g/mol. The van der Waals surface area contributed by atoms with Gasteiger partial charge in [-0.1, -0.05) is 30.3 Å². The van der Waals surface area contributed by atoms with Crippen molar-refractivity contribution in [3.63, 3.8) is 0 Å². The Balaban J connectivity index is 1.34. The Labute approximate surface area is 175 Å². The third kappa shape index (κ3) is 3.83. The summed E-state index contributed by atoms with van der Waals surface area (Å²) in [6.45, 7) is 7.25. The second-order valence-corrected chi connectivity index (χ2v) is 7.51. The third-order valence-corrected chi connectivity index (χ3v) is 5.28. The maximum atomic E-state index is 12.5. The summed E-state index contributed by atoms with van der Waals surface area (Å²) in [6.07, 6.45) is 1.78. The Bertz CT molecular complexity index is 1190. The van der Waals surface area contributed by atoms with Crippen LogP contribution in [-0.2, 0) is 0 Å². The van der Waals surface area contributed by atoms with Gasteiger partial charge in [0.1, 0.15) is 5.82 Å². The molecule has 7 heteroatoms. The van der Waals surface area contributed by atoms with Crippen LogP contribution in [0, 0.1) is 20.8 Å². The number of amides is 1. The summed E-state index contributed by atoms with van der Waals surface area (Å²) < 4.78 is 2.02. The van der Waals surface area contributed by atoms with E-state index < -0.39 is 0 Å². The molecule has 0 aliphatic carbocycles. The first-order valence-electron chi connectivity index (χ1n) is 10.2. The van der Waals surface area contributed by atoms with E-state index in [4.69, 9.17) is 4.98 Å². The molecule has 0 aliphatic heterocycles. The first-order valence-corrected chi connectivity index (χ1v) is 10.2. The number of nitrogens with zero attached hydrogens (tertiary/aromatic N) is 4. The van der Waals surface area contributed by atoms with E-state index >= 15 is 0 Å². The largest absolute Gasteiger partial charge is 0.367 e. The van der Waals surface area contributed by atoms with Gasteiger partial charge in [-0.25, -0.2) is 4.98 Å². The fourth-order valence-electron chi connectivity index (χ4n) is 3.76. The van der Waals surface area contributed by atoms with Gasteiger partial charge in [0.15, 0.2) is 5.82 Å². The van der Waals surface area contributed by atoms with Crippen LogP contribution >= 0.6 is 0 Å². The molecule has 2 aromatic carbocycles. The van der Waals surface area contributed by atoms with Gasteiger partial charge in [0.2, 0.25) is 5.65 Å². The number of aromatic nitrogens is 4. The lowest BCUT2D eigenvalue weighted by atomic mass is 10.0. The van der Waals surface area contributed by atoms with Gasteiger partial charge in [0, 0.05) is 18.7 Å². The normalized spacial score (nSPS) is 11.2. The van der Waals surface area contributed by atoms with Crippen LogP contribution in [0.4, 0.5) is 5.82 Å². The smallest absolute Gasteiger partial charge is 0.251 e. The quantitative estimate of drug-likeness (QED) is 0.459. The highest BCUT2D eigenvalue weighted by molar-refractivity contribution is 5.97. The molecular weight excluding hydrogens is 376 g/mol. The zero-order chi connectivity index (χ0) is 21.1. The summed E-state index contributed by atoms with van der Waals surface area (Å²) in [5.74, 6) is 1.56. The van der Waals surface area contributed by atoms with Crippen LogP contribution in [0.3, 0.4) is 0 Å². The number of fused-ring (bicyclic) bond motifs is 3. The molecule has 30 heavy (non-hydrogen) atoms. The minimum Gasteiger partial charge on any atom is -0.367 e. The van der Waals surface area contributed by atoms with Crippen LogP contribution < -0.4 is 10.6 Å². The molecule has 0 radical (unpaired) electrons. The van der Waals surface area contributed by atoms with Gasteiger partial charge in [-0.05, 0) is 56.9 Å². The lowest BCUT2D eigenvalue weighted by molar-refractivity contribution is 0.0952. The second kappa shape index (κ2) is 8.49. The fourth-order valence-corrected chi connectivity index (χ4v) is 3.76. The van der Waals surface area contributed by atoms with Gasteiger partial charge >= 0.3 is 0 Å².